The Kier molecular flexibility index (Phi) is 5.60. The first kappa shape index (κ1) is 18.0. The molecule has 1 atom stereocenters. The van der Waals surface area contributed by atoms with Gasteiger partial charge in [-0.05, 0) is 24.1 Å². The summed E-state index contributed by atoms with van der Waals surface area (Å²) in [5.41, 5.74) is 1.56. The predicted octanol–water partition coefficient (Wildman–Crippen LogP) is 1.87. The predicted molar refractivity (Wildman–Crippen MR) is 99.8 cm³/mol. The Bertz CT molecular complexity index is 848. The van der Waals surface area contributed by atoms with Crippen LogP contribution in [0.5, 0.6) is 0 Å². The fraction of sp³-hybridized carbons (Fsp3) is 0.316. The van der Waals surface area contributed by atoms with Gasteiger partial charge >= 0.3 is 0 Å². The van der Waals surface area contributed by atoms with Gasteiger partial charge in [-0.1, -0.05) is 30.3 Å². The molecule has 2 heterocycles. The van der Waals surface area contributed by atoms with E-state index < -0.39 is 6.10 Å². The first-order valence-electron chi connectivity index (χ1n) is 8.53. The molecule has 0 aliphatic heterocycles. The minimum Gasteiger partial charge on any atom is -0.396 e. The Labute approximate surface area is 152 Å². The number of aliphatic hydroxyl groups is 2. The summed E-state index contributed by atoms with van der Waals surface area (Å²) in [6, 6.07) is 13.1. The van der Waals surface area contributed by atoms with Gasteiger partial charge in [0.05, 0.1) is 5.56 Å². The van der Waals surface area contributed by atoms with Gasteiger partial charge in [0, 0.05) is 33.4 Å². The first-order chi connectivity index (χ1) is 12.6. The van der Waals surface area contributed by atoms with Crippen LogP contribution in [0.3, 0.4) is 0 Å². The summed E-state index contributed by atoms with van der Waals surface area (Å²) < 4.78 is 1.72. The quantitative estimate of drug-likeness (QED) is 0.674. The number of nitrogens with zero attached hydrogens (tertiary/aromatic N) is 5. The minimum absolute atomic E-state index is 0.0590. The maximum Gasteiger partial charge on any atom is 0.184 e. The van der Waals surface area contributed by atoms with Crippen molar-refractivity contribution in [3.63, 3.8) is 0 Å². The molecule has 3 rings (SSSR count). The lowest BCUT2D eigenvalue weighted by molar-refractivity contribution is 0.209. The second kappa shape index (κ2) is 8.07. The summed E-state index contributed by atoms with van der Waals surface area (Å²) in [6.45, 7) is 0.561. The molecular formula is C19H23N5O2. The van der Waals surface area contributed by atoms with E-state index in [1.54, 1.807) is 10.9 Å². The highest BCUT2D eigenvalue weighted by atomic mass is 16.3. The van der Waals surface area contributed by atoms with E-state index in [2.05, 4.69) is 15.1 Å². The van der Waals surface area contributed by atoms with Gasteiger partial charge < -0.3 is 15.1 Å². The summed E-state index contributed by atoms with van der Waals surface area (Å²) in [5.74, 6) is 1.73. The van der Waals surface area contributed by atoms with E-state index in [0.717, 1.165) is 16.9 Å². The van der Waals surface area contributed by atoms with Gasteiger partial charge in [-0.15, -0.1) is 0 Å². The fourth-order valence-corrected chi connectivity index (χ4v) is 2.76. The second-order valence-electron chi connectivity index (χ2n) is 6.18. The highest BCUT2D eigenvalue weighted by Gasteiger charge is 2.21. The molecule has 7 heteroatoms. The first-order valence-corrected chi connectivity index (χ1v) is 8.53. The lowest BCUT2D eigenvalue weighted by Gasteiger charge is -2.15. The van der Waals surface area contributed by atoms with Crippen LogP contribution in [-0.2, 0) is 6.54 Å². The Morgan fingerprint density at radius 1 is 1.12 bits per heavy atom. The Balaban J connectivity index is 2.06. The number of aryl methyl sites for hydroxylation is 1. The molecule has 0 bridgehead atoms. The largest absolute Gasteiger partial charge is 0.396 e. The molecular weight excluding hydrogens is 330 g/mol. The van der Waals surface area contributed by atoms with Crippen molar-refractivity contribution in [3.05, 3.63) is 60.0 Å². The molecule has 3 aromatic rings. The molecule has 1 aromatic carbocycles. The zero-order valence-electron chi connectivity index (χ0n) is 14.9. The average molecular weight is 353 g/mol. The van der Waals surface area contributed by atoms with Crippen molar-refractivity contribution in [2.45, 2.75) is 19.1 Å². The molecule has 0 radical (unpaired) electrons. The maximum absolute atomic E-state index is 10.7. The molecule has 0 spiro atoms. The van der Waals surface area contributed by atoms with Crippen molar-refractivity contribution in [2.75, 3.05) is 25.6 Å². The van der Waals surface area contributed by atoms with Gasteiger partial charge in [0.25, 0.3) is 0 Å². The molecule has 0 saturated carbocycles. The van der Waals surface area contributed by atoms with Gasteiger partial charge in [-0.2, -0.15) is 5.10 Å². The third kappa shape index (κ3) is 3.74. The van der Waals surface area contributed by atoms with Gasteiger partial charge in [0.15, 0.2) is 11.6 Å². The maximum atomic E-state index is 10.7. The van der Waals surface area contributed by atoms with Gasteiger partial charge in [0.1, 0.15) is 11.9 Å². The molecule has 2 aromatic heterocycles. The lowest BCUT2D eigenvalue weighted by atomic mass is 10.1. The number of benzene rings is 1. The van der Waals surface area contributed by atoms with Crippen LogP contribution < -0.4 is 4.90 Å². The number of hydrogen-bond acceptors (Lipinski definition) is 6. The highest BCUT2D eigenvalue weighted by molar-refractivity contribution is 5.70. The van der Waals surface area contributed by atoms with Gasteiger partial charge in [-0.25, -0.2) is 14.6 Å². The van der Waals surface area contributed by atoms with Crippen molar-refractivity contribution < 1.29 is 10.2 Å². The number of aromatic nitrogens is 4. The molecule has 136 valence electrons. The lowest BCUT2D eigenvalue weighted by Crippen LogP contribution is -2.13. The monoisotopic (exact) mass is 353 g/mol. The summed E-state index contributed by atoms with van der Waals surface area (Å²) in [6.07, 6.45) is 1.37. The summed E-state index contributed by atoms with van der Waals surface area (Å²) in [5, 5.41) is 24.4. The smallest absolute Gasteiger partial charge is 0.184 e. The van der Waals surface area contributed by atoms with Crippen molar-refractivity contribution in [1.82, 2.24) is 19.7 Å². The molecule has 0 aliphatic carbocycles. The fourth-order valence-electron chi connectivity index (χ4n) is 2.76. The normalized spacial score (nSPS) is 12.2. The molecule has 1 unspecified atom stereocenters. The molecule has 0 amide bonds. The number of hydrogen-bond donors (Lipinski definition) is 2. The Morgan fingerprint density at radius 3 is 2.58 bits per heavy atom. The topological polar surface area (TPSA) is 87.3 Å². The molecule has 0 saturated heterocycles. The summed E-state index contributed by atoms with van der Waals surface area (Å²) >= 11 is 0. The molecule has 7 nitrogen and oxygen atoms in total. The van der Waals surface area contributed by atoms with Gasteiger partial charge in [-0.3, -0.25) is 0 Å². The summed E-state index contributed by atoms with van der Waals surface area (Å²) in [7, 11) is 3.83. The molecule has 2 N–H and O–H groups in total. The van der Waals surface area contributed by atoms with E-state index in [1.165, 1.54) is 0 Å². The van der Waals surface area contributed by atoms with Crippen molar-refractivity contribution in [3.8, 4) is 11.4 Å². The van der Waals surface area contributed by atoms with E-state index >= 15 is 0 Å². The minimum atomic E-state index is -0.912. The Hall–Kier alpha value is -2.77. The van der Waals surface area contributed by atoms with Crippen LogP contribution in [0.4, 0.5) is 5.82 Å². The van der Waals surface area contributed by atoms with Crippen LogP contribution in [0, 0.1) is 0 Å². The van der Waals surface area contributed by atoms with Crippen LogP contribution in [0.1, 0.15) is 23.9 Å². The molecule has 26 heavy (non-hydrogen) atoms. The third-order valence-electron chi connectivity index (χ3n) is 4.03. The van der Waals surface area contributed by atoms with Crippen LogP contribution in [-0.4, -0.2) is 50.7 Å². The number of aliphatic hydroxyl groups excluding tert-OH is 2. The molecule has 0 aliphatic rings. The highest BCUT2D eigenvalue weighted by Crippen LogP contribution is 2.28. The number of rotatable bonds is 7. The SMILES string of the molecule is CN(C)c1ncccc1-c1nc(C(O)c2ccccc2)nn1CCCO. The van der Waals surface area contributed by atoms with Crippen LogP contribution in [0.15, 0.2) is 48.7 Å². The van der Waals surface area contributed by atoms with Crippen molar-refractivity contribution >= 4 is 5.82 Å². The van der Waals surface area contributed by atoms with E-state index in [9.17, 15) is 10.2 Å². The van der Waals surface area contributed by atoms with Crippen LogP contribution >= 0.6 is 0 Å². The zero-order chi connectivity index (χ0) is 18.5. The van der Waals surface area contributed by atoms with E-state index in [4.69, 9.17) is 0 Å². The Morgan fingerprint density at radius 2 is 1.88 bits per heavy atom. The number of pyridine rings is 1. The second-order valence-corrected chi connectivity index (χ2v) is 6.18. The van der Waals surface area contributed by atoms with E-state index in [1.807, 2.05) is 61.5 Å². The summed E-state index contributed by atoms with van der Waals surface area (Å²) in [4.78, 5) is 10.9. The standard InChI is InChI=1S/C19H23N5O2/c1-23(2)18-15(10-6-11-20-18)19-21-17(22-24(19)12-7-13-25)16(26)14-8-4-3-5-9-14/h3-6,8-11,16,25-26H,7,12-13H2,1-2H3. The van der Waals surface area contributed by atoms with E-state index in [-0.39, 0.29) is 6.61 Å². The van der Waals surface area contributed by atoms with Crippen LogP contribution in [0.2, 0.25) is 0 Å². The van der Waals surface area contributed by atoms with Crippen LogP contribution in [0.25, 0.3) is 11.4 Å². The van der Waals surface area contributed by atoms with Gasteiger partial charge in [0.2, 0.25) is 0 Å². The molecule has 0 fully saturated rings. The average Bonchev–Trinajstić information content (AvgIpc) is 3.10. The van der Waals surface area contributed by atoms with E-state index in [0.29, 0.717) is 24.6 Å². The zero-order valence-corrected chi connectivity index (χ0v) is 14.9. The van der Waals surface area contributed by atoms with Crippen molar-refractivity contribution in [2.24, 2.45) is 0 Å². The van der Waals surface area contributed by atoms with Crippen molar-refractivity contribution in [1.29, 1.82) is 0 Å². The number of anilines is 1. The third-order valence-corrected chi connectivity index (χ3v) is 4.03.